The van der Waals surface area contributed by atoms with Gasteiger partial charge < -0.3 is 10.2 Å². The van der Waals surface area contributed by atoms with E-state index in [1.165, 1.54) is 41.0 Å². The molecule has 0 radical (unpaired) electrons. The van der Waals surface area contributed by atoms with Gasteiger partial charge in [-0.05, 0) is 126 Å². The van der Waals surface area contributed by atoms with Crippen LogP contribution in [0.4, 0.5) is 11.6 Å². The summed E-state index contributed by atoms with van der Waals surface area (Å²) in [6, 6.07) is 17.1. The van der Waals surface area contributed by atoms with Crippen LogP contribution in [0.5, 0.6) is 0 Å². The highest BCUT2D eigenvalue weighted by Gasteiger charge is 2.29. The van der Waals surface area contributed by atoms with Crippen molar-refractivity contribution in [2.75, 3.05) is 58.4 Å². The molecular formula is C37H47N7O3S. The maximum atomic E-state index is 14.5. The summed E-state index contributed by atoms with van der Waals surface area (Å²) in [7, 11) is 1.05. The molecule has 1 N–H and O–H groups in total. The fourth-order valence-electron chi connectivity index (χ4n) is 7.98. The zero-order chi connectivity index (χ0) is 33.6. The largest absolute Gasteiger partial charge is 0.324 e. The van der Waals surface area contributed by atoms with E-state index in [2.05, 4.69) is 83.6 Å². The van der Waals surface area contributed by atoms with Crippen molar-refractivity contribution in [1.82, 2.24) is 28.6 Å². The van der Waals surface area contributed by atoms with Crippen LogP contribution in [0.15, 0.2) is 59.5 Å². The number of hydrogen-bond donors (Lipinski definition) is 1. The second-order valence-corrected chi connectivity index (χ2v) is 16.1. The summed E-state index contributed by atoms with van der Waals surface area (Å²) in [6.45, 7) is 6.15. The lowest BCUT2D eigenvalue weighted by Crippen LogP contribution is -2.40. The molecule has 3 saturated heterocycles. The molecule has 0 bridgehead atoms. The van der Waals surface area contributed by atoms with Crippen LogP contribution in [0.1, 0.15) is 73.2 Å². The average molecular weight is 670 g/mol. The van der Waals surface area contributed by atoms with E-state index in [0.29, 0.717) is 55.0 Å². The minimum absolute atomic E-state index is 0.110. The van der Waals surface area contributed by atoms with Gasteiger partial charge in [-0.15, -0.1) is 0 Å². The van der Waals surface area contributed by atoms with Gasteiger partial charge in [0.15, 0.2) is 0 Å². The third kappa shape index (κ3) is 6.65. The summed E-state index contributed by atoms with van der Waals surface area (Å²) in [4.78, 5) is 28.9. The highest BCUT2D eigenvalue weighted by atomic mass is 32.2. The molecule has 7 rings (SSSR count). The summed E-state index contributed by atoms with van der Waals surface area (Å²) < 4.78 is 27.9. The fraction of sp³-hybridized carbons (Fsp3) is 0.486. The molecule has 3 aliphatic heterocycles. The SMILES string of the molecule is Cc1cc(C2CCCN2C)ccc1-c1cc2cnc(Nc3ccc(C4CCN(C)CC4)cc3)nc2n(C2CCN(S(C)(=O)=O)CC2)c1=O. The Labute approximate surface area is 283 Å². The molecule has 0 aliphatic carbocycles. The molecule has 5 heterocycles. The number of rotatable bonds is 7. The first-order valence-corrected chi connectivity index (χ1v) is 19.1. The Morgan fingerprint density at radius 1 is 0.833 bits per heavy atom. The summed E-state index contributed by atoms with van der Waals surface area (Å²) in [6.07, 6.45) is 8.76. The highest BCUT2D eigenvalue weighted by molar-refractivity contribution is 7.88. The van der Waals surface area contributed by atoms with E-state index in [-0.39, 0.29) is 11.6 Å². The summed E-state index contributed by atoms with van der Waals surface area (Å²) >= 11 is 0. The smallest absolute Gasteiger partial charge is 0.260 e. The van der Waals surface area contributed by atoms with Gasteiger partial charge in [-0.25, -0.2) is 17.7 Å². The van der Waals surface area contributed by atoms with E-state index in [0.717, 1.165) is 48.3 Å². The van der Waals surface area contributed by atoms with Crippen LogP contribution in [-0.2, 0) is 10.0 Å². The molecule has 0 amide bonds. The zero-order valence-corrected chi connectivity index (χ0v) is 29.3. The number of likely N-dealkylation sites (tertiary alicyclic amines) is 2. The number of anilines is 2. The van der Waals surface area contributed by atoms with Crippen LogP contribution in [0.25, 0.3) is 22.2 Å². The number of benzene rings is 2. The van der Waals surface area contributed by atoms with Crippen LogP contribution >= 0.6 is 0 Å². The molecule has 0 spiro atoms. The Morgan fingerprint density at radius 3 is 2.19 bits per heavy atom. The predicted molar refractivity (Wildman–Crippen MR) is 192 cm³/mol. The van der Waals surface area contributed by atoms with E-state index in [9.17, 15) is 13.2 Å². The normalized spacial score (nSPS) is 20.9. The third-order valence-corrected chi connectivity index (χ3v) is 12.1. The molecule has 1 atom stereocenters. The Hall–Kier alpha value is -3.64. The van der Waals surface area contributed by atoms with Gasteiger partial charge in [0.2, 0.25) is 16.0 Å². The number of aryl methyl sites for hydroxylation is 1. The van der Waals surface area contributed by atoms with E-state index in [1.54, 1.807) is 10.8 Å². The maximum Gasteiger partial charge on any atom is 0.260 e. The van der Waals surface area contributed by atoms with Gasteiger partial charge in [-0.3, -0.25) is 14.3 Å². The van der Waals surface area contributed by atoms with Crippen LogP contribution in [0.3, 0.4) is 0 Å². The standard InChI is InChI=1S/C37H47N7O3S/c1-25-22-28(34-6-5-17-42(34)3)9-12-32(25)33-23-29-24-38-37(39-30-10-7-26(8-11-30)27-13-18-41(2)19-14-27)40-35(29)44(36(33)45)31-15-20-43(21-16-31)48(4,46)47/h7-12,22-24,27,31,34H,5-6,13-21H2,1-4H3,(H,38,39,40). The molecule has 4 aromatic rings. The molecule has 48 heavy (non-hydrogen) atoms. The van der Waals surface area contributed by atoms with Gasteiger partial charge >= 0.3 is 0 Å². The molecule has 3 fully saturated rings. The van der Waals surface area contributed by atoms with Gasteiger partial charge in [0.05, 0.1) is 6.26 Å². The maximum absolute atomic E-state index is 14.5. The Morgan fingerprint density at radius 2 is 1.54 bits per heavy atom. The lowest BCUT2D eigenvalue weighted by atomic mass is 9.89. The molecule has 2 aromatic heterocycles. The van der Waals surface area contributed by atoms with E-state index >= 15 is 0 Å². The molecule has 10 nitrogen and oxygen atoms in total. The van der Waals surface area contributed by atoms with Crippen molar-refractivity contribution >= 4 is 32.7 Å². The number of nitrogens with one attached hydrogen (secondary N) is 1. The predicted octanol–water partition coefficient (Wildman–Crippen LogP) is 5.68. The van der Waals surface area contributed by atoms with Gasteiger partial charge in [-0.2, -0.15) is 4.98 Å². The van der Waals surface area contributed by atoms with Crippen LogP contribution in [-0.4, -0.2) is 90.1 Å². The molecule has 0 saturated carbocycles. The molecule has 2 aromatic carbocycles. The van der Waals surface area contributed by atoms with E-state index in [4.69, 9.17) is 4.98 Å². The van der Waals surface area contributed by atoms with Gasteiger partial charge in [0.1, 0.15) is 5.65 Å². The third-order valence-electron chi connectivity index (χ3n) is 10.8. The van der Waals surface area contributed by atoms with Crippen molar-refractivity contribution in [3.8, 4) is 11.1 Å². The van der Waals surface area contributed by atoms with Crippen LogP contribution in [0.2, 0.25) is 0 Å². The second kappa shape index (κ2) is 13.3. The van der Waals surface area contributed by atoms with Crippen LogP contribution in [0, 0.1) is 6.92 Å². The molecule has 1 unspecified atom stereocenters. The van der Waals surface area contributed by atoms with E-state index in [1.807, 2.05) is 6.07 Å². The number of nitrogens with zero attached hydrogens (tertiary/aromatic N) is 6. The molecule has 254 valence electrons. The number of hydrogen-bond acceptors (Lipinski definition) is 8. The lowest BCUT2D eigenvalue weighted by molar-refractivity contribution is 0.255. The number of fused-ring (bicyclic) bond motifs is 1. The molecule has 3 aliphatic rings. The Balaban J connectivity index is 1.23. The number of aromatic nitrogens is 3. The van der Waals surface area contributed by atoms with Crippen molar-refractivity contribution < 1.29 is 8.42 Å². The Bertz CT molecular complexity index is 1960. The summed E-state index contributed by atoms with van der Waals surface area (Å²) in [5.74, 6) is 0.999. The fourth-order valence-corrected chi connectivity index (χ4v) is 8.86. The van der Waals surface area contributed by atoms with Crippen molar-refractivity contribution in [3.63, 3.8) is 0 Å². The van der Waals surface area contributed by atoms with Crippen molar-refractivity contribution in [2.45, 2.75) is 63.5 Å². The first-order valence-electron chi connectivity index (χ1n) is 17.3. The topological polar surface area (TPSA) is 104 Å². The lowest BCUT2D eigenvalue weighted by Gasteiger charge is -2.32. The van der Waals surface area contributed by atoms with E-state index < -0.39 is 10.0 Å². The minimum atomic E-state index is -3.31. The van der Waals surface area contributed by atoms with Crippen molar-refractivity contribution in [2.24, 2.45) is 0 Å². The van der Waals surface area contributed by atoms with Gasteiger partial charge in [0.25, 0.3) is 5.56 Å². The first-order chi connectivity index (χ1) is 23.0. The minimum Gasteiger partial charge on any atom is -0.324 e. The monoisotopic (exact) mass is 669 g/mol. The summed E-state index contributed by atoms with van der Waals surface area (Å²) in [5, 5.41) is 4.14. The van der Waals surface area contributed by atoms with Gasteiger partial charge in [0, 0.05) is 48.0 Å². The van der Waals surface area contributed by atoms with Crippen molar-refractivity contribution in [3.05, 3.63) is 81.8 Å². The highest BCUT2D eigenvalue weighted by Crippen LogP contribution is 2.35. The zero-order valence-electron chi connectivity index (χ0n) is 28.5. The van der Waals surface area contributed by atoms with Crippen LogP contribution < -0.4 is 10.9 Å². The van der Waals surface area contributed by atoms with Crippen molar-refractivity contribution in [1.29, 1.82) is 0 Å². The second-order valence-electron chi connectivity index (χ2n) is 14.1. The number of sulfonamides is 1. The average Bonchev–Trinajstić information content (AvgIpc) is 3.51. The number of piperidine rings is 2. The first kappa shape index (κ1) is 32.9. The molecule has 11 heteroatoms. The Kier molecular flexibility index (Phi) is 9.14. The number of pyridine rings is 1. The quantitative estimate of drug-likeness (QED) is 0.268. The molecular weight excluding hydrogens is 623 g/mol. The summed E-state index contributed by atoms with van der Waals surface area (Å²) in [5.41, 5.74) is 6.56. The van der Waals surface area contributed by atoms with Gasteiger partial charge in [-0.1, -0.05) is 30.3 Å².